The first-order chi connectivity index (χ1) is 11.4. The van der Waals surface area contributed by atoms with Crippen LogP contribution in [-0.2, 0) is 14.2 Å². The van der Waals surface area contributed by atoms with E-state index in [0.717, 1.165) is 12.8 Å². The van der Waals surface area contributed by atoms with Crippen molar-refractivity contribution in [2.75, 3.05) is 5.73 Å². The summed E-state index contributed by atoms with van der Waals surface area (Å²) >= 11 is 0. The summed E-state index contributed by atoms with van der Waals surface area (Å²) < 4.78 is 20.5. The third-order valence-electron chi connectivity index (χ3n) is 5.16. The molecule has 4 N–H and O–H groups in total. The Morgan fingerprint density at radius 3 is 2.71 bits per heavy atom. The van der Waals surface area contributed by atoms with Gasteiger partial charge in [0.15, 0.2) is 23.5 Å². The second-order valence-corrected chi connectivity index (χ2v) is 7.35. The van der Waals surface area contributed by atoms with E-state index in [1.54, 1.807) is 6.33 Å². The minimum absolute atomic E-state index is 0.134. The zero-order valence-electron chi connectivity index (χ0n) is 13.5. The first-order valence-electron chi connectivity index (χ1n) is 8.11. The van der Waals surface area contributed by atoms with Crippen molar-refractivity contribution < 1.29 is 14.2 Å². The van der Waals surface area contributed by atoms with E-state index in [0.29, 0.717) is 17.0 Å². The number of aromatic nitrogens is 4. The molecule has 2 aliphatic heterocycles. The second-order valence-electron chi connectivity index (χ2n) is 7.35. The van der Waals surface area contributed by atoms with Crippen molar-refractivity contribution in [1.82, 2.24) is 19.5 Å². The van der Waals surface area contributed by atoms with Crippen molar-refractivity contribution in [1.29, 1.82) is 0 Å². The first kappa shape index (κ1) is 14.5. The quantitative estimate of drug-likeness (QED) is 0.765. The van der Waals surface area contributed by atoms with E-state index in [1.165, 1.54) is 6.33 Å². The van der Waals surface area contributed by atoms with Crippen LogP contribution in [0.15, 0.2) is 12.7 Å². The smallest absolute Gasteiger partial charge is 0.167 e. The van der Waals surface area contributed by atoms with Gasteiger partial charge in [-0.3, -0.25) is 4.57 Å². The fraction of sp³-hybridized carbons (Fsp3) is 0.667. The van der Waals surface area contributed by atoms with E-state index in [2.05, 4.69) is 15.0 Å². The molecule has 3 fully saturated rings. The van der Waals surface area contributed by atoms with Crippen molar-refractivity contribution in [2.24, 2.45) is 5.73 Å². The van der Waals surface area contributed by atoms with Gasteiger partial charge in [-0.15, -0.1) is 0 Å². The van der Waals surface area contributed by atoms with Crippen LogP contribution in [-0.4, -0.2) is 49.2 Å². The lowest BCUT2D eigenvalue weighted by molar-refractivity contribution is -0.238. The molecule has 2 aromatic heterocycles. The maximum atomic E-state index is 6.40. The highest BCUT2D eigenvalue weighted by Crippen LogP contribution is 2.55. The number of nitrogens with zero attached hydrogens (tertiary/aromatic N) is 4. The number of imidazole rings is 1. The van der Waals surface area contributed by atoms with Gasteiger partial charge in [-0.25, -0.2) is 15.0 Å². The molecule has 0 aromatic carbocycles. The van der Waals surface area contributed by atoms with Gasteiger partial charge in [-0.1, -0.05) is 0 Å². The van der Waals surface area contributed by atoms with Gasteiger partial charge in [0.2, 0.25) is 0 Å². The fourth-order valence-corrected chi connectivity index (χ4v) is 4.21. The van der Waals surface area contributed by atoms with Crippen LogP contribution >= 0.6 is 0 Å². The fourth-order valence-electron chi connectivity index (χ4n) is 4.21. The summed E-state index contributed by atoms with van der Waals surface area (Å²) in [6.45, 7) is 3.84. The van der Waals surface area contributed by atoms with Crippen molar-refractivity contribution >= 4 is 17.0 Å². The summed E-state index contributed by atoms with van der Waals surface area (Å²) in [5.74, 6) is -0.313. The molecule has 0 bridgehead atoms. The van der Waals surface area contributed by atoms with Crippen LogP contribution in [0.2, 0.25) is 0 Å². The molecule has 3 aliphatic rings. The Bertz CT molecular complexity index is 815. The minimum Gasteiger partial charge on any atom is -0.382 e. The number of hydrogen-bond acceptors (Lipinski definition) is 8. The lowest BCUT2D eigenvalue weighted by Gasteiger charge is -2.45. The Labute approximate surface area is 138 Å². The van der Waals surface area contributed by atoms with Gasteiger partial charge >= 0.3 is 0 Å². The molecule has 0 amide bonds. The number of anilines is 1. The monoisotopic (exact) mass is 332 g/mol. The number of nitrogen functional groups attached to an aromatic ring is 1. The summed E-state index contributed by atoms with van der Waals surface area (Å²) in [6.07, 6.45) is 3.82. The zero-order chi connectivity index (χ0) is 16.7. The van der Waals surface area contributed by atoms with E-state index in [9.17, 15) is 0 Å². The molecule has 3 atom stereocenters. The predicted molar refractivity (Wildman–Crippen MR) is 83.6 cm³/mol. The SMILES string of the molecule is CC1(C)O[C@H]2[C@H](n3cnc4c(N)ncnc43)OC3(CC(N)C3)[C@H]2O1. The summed E-state index contributed by atoms with van der Waals surface area (Å²) in [4.78, 5) is 12.6. The van der Waals surface area contributed by atoms with Crippen LogP contribution in [0, 0.1) is 0 Å². The normalized spacial score (nSPS) is 40.1. The Hall–Kier alpha value is -1.81. The third-order valence-corrected chi connectivity index (χ3v) is 5.16. The van der Waals surface area contributed by atoms with Crippen molar-refractivity contribution in [2.45, 2.75) is 62.6 Å². The molecule has 2 saturated heterocycles. The van der Waals surface area contributed by atoms with Gasteiger partial charge in [0.1, 0.15) is 29.7 Å². The Morgan fingerprint density at radius 1 is 1.17 bits per heavy atom. The molecule has 128 valence electrons. The van der Waals surface area contributed by atoms with Crippen molar-refractivity contribution in [3.8, 4) is 0 Å². The van der Waals surface area contributed by atoms with Gasteiger partial charge in [0, 0.05) is 6.04 Å². The molecule has 1 spiro atoms. The Balaban J connectivity index is 1.59. The average molecular weight is 332 g/mol. The average Bonchev–Trinajstić information content (AvgIpc) is 3.11. The predicted octanol–water partition coefficient (Wildman–Crippen LogP) is 0.317. The van der Waals surface area contributed by atoms with Crippen LogP contribution in [0.4, 0.5) is 5.82 Å². The number of fused-ring (bicyclic) bond motifs is 3. The zero-order valence-corrected chi connectivity index (χ0v) is 13.5. The number of nitrogens with two attached hydrogens (primary N) is 2. The molecule has 5 rings (SSSR count). The first-order valence-corrected chi connectivity index (χ1v) is 8.11. The Morgan fingerprint density at radius 2 is 1.96 bits per heavy atom. The number of rotatable bonds is 1. The third kappa shape index (κ3) is 1.80. The molecule has 9 heteroatoms. The molecular formula is C15H20N6O3. The largest absolute Gasteiger partial charge is 0.382 e. The molecule has 0 unspecified atom stereocenters. The Kier molecular flexibility index (Phi) is 2.68. The van der Waals surface area contributed by atoms with Crippen LogP contribution in [0.25, 0.3) is 11.2 Å². The second kappa shape index (κ2) is 4.42. The summed E-state index contributed by atoms with van der Waals surface area (Å²) in [7, 11) is 0. The topological polar surface area (TPSA) is 123 Å². The minimum atomic E-state index is -0.658. The lowest BCUT2D eigenvalue weighted by atomic mass is 9.72. The van der Waals surface area contributed by atoms with Crippen LogP contribution in [0.5, 0.6) is 0 Å². The van der Waals surface area contributed by atoms with Gasteiger partial charge in [-0.05, 0) is 26.7 Å². The van der Waals surface area contributed by atoms with Gasteiger partial charge in [0.05, 0.1) is 6.33 Å². The summed E-state index contributed by atoms with van der Waals surface area (Å²) in [5, 5.41) is 0. The molecule has 1 saturated carbocycles. The molecule has 1 aliphatic carbocycles. The standard InChI is InChI=1S/C15H20N6O3/c1-14(2)22-9-10(23-14)15(3-7(16)4-15)24-13(9)21-6-20-8-11(17)18-5-19-12(8)21/h5-7,9-10,13H,3-4,16H2,1-2H3,(H2,17,18,19)/t7?,9-,10+,13-,15?/m1/s1. The highest BCUT2D eigenvalue weighted by atomic mass is 16.8. The summed E-state index contributed by atoms with van der Waals surface area (Å²) in [6, 6.07) is 0.134. The number of ether oxygens (including phenoxy) is 3. The summed E-state index contributed by atoms with van der Waals surface area (Å²) in [5.41, 5.74) is 12.7. The van der Waals surface area contributed by atoms with Crippen LogP contribution in [0.3, 0.4) is 0 Å². The lowest BCUT2D eigenvalue weighted by Crippen LogP contribution is -2.58. The van der Waals surface area contributed by atoms with E-state index in [-0.39, 0.29) is 24.5 Å². The molecular weight excluding hydrogens is 312 g/mol. The highest BCUT2D eigenvalue weighted by Gasteiger charge is 2.67. The van der Waals surface area contributed by atoms with E-state index in [1.807, 2.05) is 18.4 Å². The molecule has 4 heterocycles. The van der Waals surface area contributed by atoms with Crippen LogP contribution in [0.1, 0.15) is 32.9 Å². The number of hydrogen-bond donors (Lipinski definition) is 2. The molecule has 24 heavy (non-hydrogen) atoms. The van der Waals surface area contributed by atoms with Gasteiger partial charge in [-0.2, -0.15) is 0 Å². The molecule has 2 aromatic rings. The van der Waals surface area contributed by atoms with Gasteiger partial charge in [0.25, 0.3) is 0 Å². The van der Waals surface area contributed by atoms with Gasteiger partial charge < -0.3 is 25.7 Å². The van der Waals surface area contributed by atoms with E-state index < -0.39 is 11.4 Å². The molecule has 0 radical (unpaired) electrons. The van der Waals surface area contributed by atoms with E-state index in [4.69, 9.17) is 25.7 Å². The maximum absolute atomic E-state index is 6.40. The highest BCUT2D eigenvalue weighted by molar-refractivity contribution is 5.81. The van der Waals surface area contributed by atoms with Crippen molar-refractivity contribution in [3.05, 3.63) is 12.7 Å². The maximum Gasteiger partial charge on any atom is 0.167 e. The van der Waals surface area contributed by atoms with E-state index >= 15 is 0 Å². The molecule has 9 nitrogen and oxygen atoms in total. The van der Waals surface area contributed by atoms with Crippen LogP contribution < -0.4 is 11.5 Å². The van der Waals surface area contributed by atoms with Crippen molar-refractivity contribution in [3.63, 3.8) is 0 Å².